The van der Waals surface area contributed by atoms with Crippen molar-refractivity contribution in [2.45, 2.75) is 36.6 Å². The third-order valence-corrected chi connectivity index (χ3v) is 6.07. The lowest BCUT2D eigenvalue weighted by molar-refractivity contribution is -0.144. The van der Waals surface area contributed by atoms with Crippen LogP contribution in [0.15, 0.2) is 29.2 Å². The molecule has 2 heterocycles. The van der Waals surface area contributed by atoms with E-state index in [0.29, 0.717) is 13.1 Å². The number of hydrogen-bond donors (Lipinski definition) is 1. The second-order valence-electron chi connectivity index (χ2n) is 6.86. The molecule has 1 atom stereocenters. The zero-order valence-electron chi connectivity index (χ0n) is 14.7. The van der Waals surface area contributed by atoms with Gasteiger partial charge in [0.05, 0.1) is 0 Å². The van der Waals surface area contributed by atoms with E-state index < -0.39 is 12.0 Å². The standard InChI is InChI=1S/C19H26N2O3S/c1-25-16-6-4-14(5-7-16)17(19(23)24)20-12-8-15(9-13-20)18(22)21-10-2-3-11-21/h4-7,15,17H,2-3,8-13H2,1H3,(H,23,24)/t17-/m1/s1. The highest BCUT2D eigenvalue weighted by Gasteiger charge is 2.34. The van der Waals surface area contributed by atoms with Gasteiger partial charge >= 0.3 is 5.97 Å². The summed E-state index contributed by atoms with van der Waals surface area (Å²) in [4.78, 5) is 29.5. The molecule has 0 unspecified atom stereocenters. The molecular formula is C19H26N2O3S. The normalized spacial score (nSPS) is 20.6. The average Bonchev–Trinajstić information content (AvgIpc) is 3.17. The Balaban J connectivity index is 1.64. The van der Waals surface area contributed by atoms with Gasteiger partial charge in [-0.05, 0) is 49.6 Å². The predicted octanol–water partition coefficient (Wildman–Crippen LogP) is 2.87. The highest BCUT2D eigenvalue weighted by molar-refractivity contribution is 7.98. The summed E-state index contributed by atoms with van der Waals surface area (Å²) in [7, 11) is 0. The van der Waals surface area contributed by atoms with Gasteiger partial charge in [-0.25, -0.2) is 0 Å². The number of amides is 1. The first kappa shape index (κ1) is 18.3. The summed E-state index contributed by atoms with van der Waals surface area (Å²) in [6.07, 6.45) is 5.73. The number of carboxylic acid groups (broad SMARTS) is 1. The van der Waals surface area contributed by atoms with Crippen LogP contribution in [0.4, 0.5) is 0 Å². The van der Waals surface area contributed by atoms with E-state index in [4.69, 9.17) is 0 Å². The van der Waals surface area contributed by atoms with Gasteiger partial charge < -0.3 is 10.0 Å². The van der Waals surface area contributed by atoms with E-state index in [1.165, 1.54) is 0 Å². The van der Waals surface area contributed by atoms with E-state index in [1.54, 1.807) is 11.8 Å². The minimum Gasteiger partial charge on any atom is -0.480 e. The first-order chi connectivity index (χ1) is 12.1. The van der Waals surface area contributed by atoms with Gasteiger partial charge in [-0.3, -0.25) is 14.5 Å². The number of piperidine rings is 1. The highest BCUT2D eigenvalue weighted by Crippen LogP contribution is 2.29. The first-order valence-electron chi connectivity index (χ1n) is 8.99. The number of rotatable bonds is 5. The quantitative estimate of drug-likeness (QED) is 0.816. The van der Waals surface area contributed by atoms with E-state index in [-0.39, 0.29) is 11.8 Å². The van der Waals surface area contributed by atoms with Crippen molar-refractivity contribution in [3.8, 4) is 0 Å². The van der Waals surface area contributed by atoms with Gasteiger partial charge in [0.25, 0.3) is 0 Å². The Bertz CT molecular complexity index is 606. The van der Waals surface area contributed by atoms with Crippen LogP contribution in [0.3, 0.4) is 0 Å². The maximum absolute atomic E-state index is 12.5. The lowest BCUT2D eigenvalue weighted by Gasteiger charge is -2.36. The molecule has 0 bridgehead atoms. The lowest BCUT2D eigenvalue weighted by Crippen LogP contribution is -2.44. The topological polar surface area (TPSA) is 60.9 Å². The number of benzene rings is 1. The summed E-state index contributed by atoms with van der Waals surface area (Å²) >= 11 is 1.65. The molecule has 6 heteroatoms. The highest BCUT2D eigenvalue weighted by atomic mass is 32.2. The average molecular weight is 362 g/mol. The molecule has 2 fully saturated rings. The summed E-state index contributed by atoms with van der Waals surface area (Å²) in [6, 6.07) is 7.14. The molecule has 2 aliphatic heterocycles. The Hall–Kier alpha value is -1.53. The molecule has 3 rings (SSSR count). The molecule has 1 aromatic carbocycles. The minimum absolute atomic E-state index is 0.0580. The van der Waals surface area contributed by atoms with Crippen molar-refractivity contribution in [3.05, 3.63) is 29.8 Å². The van der Waals surface area contributed by atoms with Crippen LogP contribution in [0.5, 0.6) is 0 Å². The molecule has 1 aromatic rings. The number of carbonyl (C=O) groups is 2. The van der Waals surface area contributed by atoms with Crippen molar-refractivity contribution in [2.75, 3.05) is 32.4 Å². The van der Waals surface area contributed by atoms with Gasteiger partial charge in [0, 0.05) is 37.0 Å². The molecule has 1 amide bonds. The van der Waals surface area contributed by atoms with E-state index in [9.17, 15) is 14.7 Å². The third kappa shape index (κ3) is 4.18. The smallest absolute Gasteiger partial charge is 0.325 e. The monoisotopic (exact) mass is 362 g/mol. The zero-order valence-corrected chi connectivity index (χ0v) is 15.5. The summed E-state index contributed by atoms with van der Waals surface area (Å²) in [6.45, 7) is 3.09. The fourth-order valence-corrected chi connectivity index (χ4v) is 4.30. The molecule has 0 radical (unpaired) electrons. The van der Waals surface area contributed by atoms with Gasteiger partial charge in [0.2, 0.25) is 5.91 Å². The molecule has 2 aliphatic rings. The number of hydrogen-bond acceptors (Lipinski definition) is 4. The fraction of sp³-hybridized carbons (Fsp3) is 0.579. The Morgan fingerprint density at radius 1 is 1.08 bits per heavy atom. The van der Waals surface area contributed by atoms with E-state index in [1.807, 2.05) is 40.3 Å². The van der Waals surface area contributed by atoms with Crippen molar-refractivity contribution in [2.24, 2.45) is 5.92 Å². The third-order valence-electron chi connectivity index (χ3n) is 5.33. The van der Waals surface area contributed by atoms with Crippen LogP contribution in [-0.2, 0) is 9.59 Å². The minimum atomic E-state index is -0.818. The van der Waals surface area contributed by atoms with E-state index >= 15 is 0 Å². The van der Waals surface area contributed by atoms with Crippen molar-refractivity contribution in [1.82, 2.24) is 9.80 Å². The van der Waals surface area contributed by atoms with Crippen molar-refractivity contribution in [1.29, 1.82) is 0 Å². The summed E-state index contributed by atoms with van der Waals surface area (Å²) in [5.74, 6) is -0.489. The summed E-state index contributed by atoms with van der Waals surface area (Å²) in [5.41, 5.74) is 0.814. The number of carboxylic acids is 1. The van der Waals surface area contributed by atoms with Gasteiger partial charge in [0.15, 0.2) is 0 Å². The second kappa shape index (κ2) is 8.23. The molecule has 136 valence electrons. The van der Waals surface area contributed by atoms with Crippen LogP contribution in [0.1, 0.15) is 37.3 Å². The second-order valence-corrected chi connectivity index (χ2v) is 7.74. The largest absolute Gasteiger partial charge is 0.480 e. The predicted molar refractivity (Wildman–Crippen MR) is 98.7 cm³/mol. The van der Waals surface area contributed by atoms with Crippen molar-refractivity contribution in [3.63, 3.8) is 0 Å². The molecule has 0 aliphatic carbocycles. The molecular weight excluding hydrogens is 336 g/mol. The molecule has 25 heavy (non-hydrogen) atoms. The molecule has 0 saturated carbocycles. The lowest BCUT2D eigenvalue weighted by atomic mass is 9.93. The van der Waals surface area contributed by atoms with Gasteiger partial charge in [-0.15, -0.1) is 11.8 Å². The summed E-state index contributed by atoms with van der Waals surface area (Å²) in [5, 5.41) is 9.73. The Kier molecular flexibility index (Phi) is 6.02. The van der Waals surface area contributed by atoms with Crippen LogP contribution in [0.2, 0.25) is 0 Å². The van der Waals surface area contributed by atoms with E-state index in [2.05, 4.69) is 0 Å². The number of aliphatic carboxylic acids is 1. The van der Waals surface area contributed by atoms with Crippen LogP contribution in [0.25, 0.3) is 0 Å². The van der Waals surface area contributed by atoms with Crippen LogP contribution in [0, 0.1) is 5.92 Å². The van der Waals surface area contributed by atoms with Gasteiger partial charge in [-0.2, -0.15) is 0 Å². The molecule has 5 nitrogen and oxygen atoms in total. The SMILES string of the molecule is CSc1ccc([C@H](C(=O)O)N2CCC(C(=O)N3CCCC3)CC2)cc1. The first-order valence-corrected chi connectivity index (χ1v) is 10.2. The van der Waals surface area contributed by atoms with Gasteiger partial charge in [-0.1, -0.05) is 12.1 Å². The number of nitrogens with zero attached hydrogens (tertiary/aromatic N) is 2. The maximum atomic E-state index is 12.5. The Morgan fingerprint density at radius 3 is 2.20 bits per heavy atom. The fourth-order valence-electron chi connectivity index (χ4n) is 3.90. The summed E-state index contributed by atoms with van der Waals surface area (Å²) < 4.78 is 0. The molecule has 2 saturated heterocycles. The van der Waals surface area contributed by atoms with Crippen LogP contribution >= 0.6 is 11.8 Å². The number of likely N-dealkylation sites (tertiary alicyclic amines) is 2. The number of carbonyl (C=O) groups excluding carboxylic acids is 1. The zero-order chi connectivity index (χ0) is 17.8. The van der Waals surface area contributed by atoms with Gasteiger partial charge in [0.1, 0.15) is 6.04 Å². The van der Waals surface area contributed by atoms with E-state index in [0.717, 1.165) is 49.2 Å². The molecule has 0 spiro atoms. The maximum Gasteiger partial charge on any atom is 0.325 e. The molecule has 1 N–H and O–H groups in total. The van der Waals surface area contributed by atoms with Crippen molar-refractivity contribution >= 4 is 23.6 Å². The number of thioether (sulfide) groups is 1. The van der Waals surface area contributed by atoms with Crippen LogP contribution < -0.4 is 0 Å². The van der Waals surface area contributed by atoms with Crippen molar-refractivity contribution < 1.29 is 14.7 Å². The Morgan fingerprint density at radius 2 is 1.68 bits per heavy atom. The Labute approximate surface area is 153 Å². The van der Waals surface area contributed by atoms with Crippen LogP contribution in [-0.4, -0.2) is 59.2 Å². The molecule has 0 aromatic heterocycles.